The fourth-order valence-electron chi connectivity index (χ4n) is 1.03. The van der Waals surface area contributed by atoms with Gasteiger partial charge in [-0.25, -0.2) is 0 Å². The van der Waals surface area contributed by atoms with Gasteiger partial charge in [0.1, 0.15) is 0 Å². The predicted octanol–water partition coefficient (Wildman–Crippen LogP) is 1.06. The van der Waals surface area contributed by atoms with Crippen LogP contribution in [0.25, 0.3) is 0 Å². The lowest BCUT2D eigenvalue weighted by Gasteiger charge is -2.15. The number of benzene rings is 1. The molecule has 0 saturated carbocycles. The third kappa shape index (κ3) is 2.69. The van der Waals surface area contributed by atoms with E-state index in [1.54, 1.807) is 14.2 Å². The molecule has 0 aliphatic rings. The Balaban J connectivity index is 2.73. The molecule has 0 amide bonds. The molecule has 0 fully saturated rings. The number of hydroxylamine groups is 1. The summed E-state index contributed by atoms with van der Waals surface area (Å²) in [6, 6.07) is 7.41. The Morgan fingerprint density at radius 2 is 1.85 bits per heavy atom. The molecular formula is C9H14N2O2. The van der Waals surface area contributed by atoms with Gasteiger partial charge in [0.25, 0.3) is 0 Å². The number of nitrogens with two attached hydrogens (primary N) is 1. The Hall–Kier alpha value is -1.10. The number of nitrogen functional groups attached to an aromatic ring is 1. The number of hydrogen-bond acceptors (Lipinski definition) is 4. The van der Waals surface area contributed by atoms with Gasteiger partial charge in [-0.3, -0.25) is 0 Å². The van der Waals surface area contributed by atoms with Crippen molar-refractivity contribution in [3.05, 3.63) is 29.8 Å². The van der Waals surface area contributed by atoms with Gasteiger partial charge in [0.15, 0.2) is 6.23 Å². The van der Waals surface area contributed by atoms with Crippen molar-refractivity contribution >= 4 is 5.69 Å². The lowest BCUT2D eigenvalue weighted by molar-refractivity contribution is -0.0553. The number of anilines is 1. The van der Waals surface area contributed by atoms with Crippen LogP contribution in [0.5, 0.6) is 0 Å². The maximum atomic E-state index is 5.55. The van der Waals surface area contributed by atoms with E-state index < -0.39 is 0 Å². The Labute approximate surface area is 77.6 Å². The highest BCUT2D eigenvalue weighted by atomic mass is 16.7. The average molecular weight is 182 g/mol. The molecule has 1 atom stereocenters. The molecule has 1 unspecified atom stereocenters. The molecule has 0 aliphatic heterocycles. The molecule has 1 aromatic rings. The zero-order valence-electron chi connectivity index (χ0n) is 7.78. The molecule has 1 rings (SSSR count). The van der Waals surface area contributed by atoms with Gasteiger partial charge in [0.05, 0.1) is 7.11 Å². The summed E-state index contributed by atoms with van der Waals surface area (Å²) in [5.74, 6) is 0. The van der Waals surface area contributed by atoms with Crippen LogP contribution < -0.4 is 11.2 Å². The van der Waals surface area contributed by atoms with Gasteiger partial charge >= 0.3 is 0 Å². The molecular weight excluding hydrogens is 168 g/mol. The normalized spacial score (nSPS) is 12.8. The Morgan fingerprint density at radius 1 is 1.23 bits per heavy atom. The summed E-state index contributed by atoms with van der Waals surface area (Å²) in [6.45, 7) is 0. The molecule has 13 heavy (non-hydrogen) atoms. The number of methoxy groups -OCH3 is 1. The molecule has 0 aliphatic carbocycles. The minimum absolute atomic E-state index is 0.259. The fraction of sp³-hybridized carbons (Fsp3) is 0.333. The summed E-state index contributed by atoms with van der Waals surface area (Å²) in [5.41, 5.74) is 9.96. The zero-order chi connectivity index (χ0) is 9.68. The third-order valence-corrected chi connectivity index (χ3v) is 1.70. The third-order valence-electron chi connectivity index (χ3n) is 1.70. The number of ether oxygens (including phenoxy) is 1. The highest BCUT2D eigenvalue weighted by Gasteiger charge is 2.07. The van der Waals surface area contributed by atoms with Gasteiger partial charge in [0, 0.05) is 12.8 Å². The molecule has 3 N–H and O–H groups in total. The van der Waals surface area contributed by atoms with E-state index in [-0.39, 0.29) is 6.23 Å². The van der Waals surface area contributed by atoms with E-state index >= 15 is 0 Å². The average Bonchev–Trinajstić information content (AvgIpc) is 2.16. The van der Waals surface area contributed by atoms with E-state index in [0.717, 1.165) is 11.3 Å². The summed E-state index contributed by atoms with van der Waals surface area (Å²) >= 11 is 0. The molecule has 72 valence electrons. The van der Waals surface area contributed by atoms with Gasteiger partial charge in [-0.15, -0.1) is 0 Å². The van der Waals surface area contributed by atoms with Gasteiger partial charge in [-0.2, -0.15) is 5.48 Å². The van der Waals surface area contributed by atoms with Crippen LogP contribution in [0, 0.1) is 0 Å². The van der Waals surface area contributed by atoms with Gasteiger partial charge < -0.3 is 15.3 Å². The standard InChI is InChI=1S/C9H14N2O2/c1-12-9(11-13-2)7-3-5-8(10)6-4-7/h3-6,9,11H,10H2,1-2H3. The first kappa shape index (κ1) is 9.98. The molecule has 4 heteroatoms. The largest absolute Gasteiger partial charge is 0.399 e. The van der Waals surface area contributed by atoms with Gasteiger partial charge in [-0.1, -0.05) is 12.1 Å². The minimum Gasteiger partial charge on any atom is -0.399 e. The highest BCUT2D eigenvalue weighted by molar-refractivity contribution is 5.39. The maximum absolute atomic E-state index is 5.55. The van der Waals surface area contributed by atoms with Crippen LogP contribution in [0.3, 0.4) is 0 Å². The minimum atomic E-state index is -0.259. The molecule has 0 aromatic heterocycles. The van der Waals surface area contributed by atoms with Crippen molar-refractivity contribution in [1.82, 2.24) is 5.48 Å². The Bertz CT molecular complexity index is 248. The lowest BCUT2D eigenvalue weighted by Crippen LogP contribution is -2.21. The van der Waals surface area contributed by atoms with Crippen molar-refractivity contribution in [1.29, 1.82) is 0 Å². The van der Waals surface area contributed by atoms with Crippen LogP contribution in [0.2, 0.25) is 0 Å². The quantitative estimate of drug-likeness (QED) is 0.415. The van der Waals surface area contributed by atoms with Crippen LogP contribution in [-0.4, -0.2) is 14.2 Å². The Morgan fingerprint density at radius 3 is 2.31 bits per heavy atom. The zero-order valence-corrected chi connectivity index (χ0v) is 7.78. The van der Waals surface area contributed by atoms with Crippen LogP contribution in [0.15, 0.2) is 24.3 Å². The number of nitrogens with one attached hydrogen (secondary N) is 1. The van der Waals surface area contributed by atoms with E-state index in [1.165, 1.54) is 0 Å². The smallest absolute Gasteiger partial charge is 0.155 e. The van der Waals surface area contributed by atoms with Crippen molar-refractivity contribution in [3.8, 4) is 0 Å². The first-order chi connectivity index (χ1) is 6.27. The molecule has 0 radical (unpaired) electrons. The summed E-state index contributed by atoms with van der Waals surface area (Å²) < 4.78 is 5.14. The molecule has 1 aromatic carbocycles. The topological polar surface area (TPSA) is 56.5 Å². The fourth-order valence-corrected chi connectivity index (χ4v) is 1.03. The Kier molecular flexibility index (Phi) is 3.70. The number of hydrogen-bond donors (Lipinski definition) is 2. The second-order valence-electron chi connectivity index (χ2n) is 2.60. The summed E-state index contributed by atoms with van der Waals surface area (Å²) in [5, 5.41) is 0. The summed E-state index contributed by atoms with van der Waals surface area (Å²) in [6.07, 6.45) is -0.259. The van der Waals surface area contributed by atoms with Gasteiger partial charge in [-0.05, 0) is 17.7 Å². The van der Waals surface area contributed by atoms with Crippen LogP contribution >= 0.6 is 0 Å². The van der Waals surface area contributed by atoms with Crippen molar-refractivity contribution in [2.75, 3.05) is 20.0 Å². The van der Waals surface area contributed by atoms with Crippen molar-refractivity contribution in [2.24, 2.45) is 0 Å². The van der Waals surface area contributed by atoms with Crippen molar-refractivity contribution < 1.29 is 9.57 Å². The van der Waals surface area contributed by atoms with E-state index in [1.807, 2.05) is 24.3 Å². The van der Waals surface area contributed by atoms with Gasteiger partial charge in [0.2, 0.25) is 0 Å². The lowest BCUT2D eigenvalue weighted by atomic mass is 10.2. The van der Waals surface area contributed by atoms with Crippen LogP contribution in [0.4, 0.5) is 5.69 Å². The van der Waals surface area contributed by atoms with Crippen molar-refractivity contribution in [3.63, 3.8) is 0 Å². The second kappa shape index (κ2) is 4.81. The second-order valence-corrected chi connectivity index (χ2v) is 2.60. The monoisotopic (exact) mass is 182 g/mol. The SMILES string of the molecule is CONC(OC)c1ccc(N)cc1. The van der Waals surface area contributed by atoms with E-state index in [0.29, 0.717) is 0 Å². The highest BCUT2D eigenvalue weighted by Crippen LogP contribution is 2.14. The van der Waals surface area contributed by atoms with E-state index in [2.05, 4.69) is 5.48 Å². The molecule has 0 bridgehead atoms. The van der Waals surface area contributed by atoms with Crippen LogP contribution in [0.1, 0.15) is 11.8 Å². The molecule has 0 spiro atoms. The van der Waals surface area contributed by atoms with E-state index in [9.17, 15) is 0 Å². The molecule has 0 heterocycles. The van der Waals surface area contributed by atoms with Crippen molar-refractivity contribution in [2.45, 2.75) is 6.23 Å². The molecule has 4 nitrogen and oxygen atoms in total. The molecule has 0 saturated heterocycles. The predicted molar refractivity (Wildman–Crippen MR) is 50.7 cm³/mol. The number of rotatable bonds is 4. The first-order valence-electron chi connectivity index (χ1n) is 3.94. The maximum Gasteiger partial charge on any atom is 0.155 e. The summed E-state index contributed by atoms with van der Waals surface area (Å²) in [7, 11) is 3.15. The first-order valence-corrected chi connectivity index (χ1v) is 3.94. The van der Waals surface area contributed by atoms with E-state index in [4.69, 9.17) is 15.3 Å². The summed E-state index contributed by atoms with van der Waals surface area (Å²) in [4.78, 5) is 4.77. The van der Waals surface area contributed by atoms with Crippen LogP contribution in [-0.2, 0) is 9.57 Å².